The number of nitrogens with one attached hydrogen (secondary N) is 1. The molecule has 0 radical (unpaired) electrons. The molecule has 0 heterocycles. The Labute approximate surface area is 158 Å². The van der Waals surface area contributed by atoms with Crippen LogP contribution in [0.15, 0.2) is 48.5 Å². The minimum Gasteiger partial charge on any atom is -0.480 e. The molecule has 142 valence electrons. The maximum absolute atomic E-state index is 12.1. The number of alkyl carbamates (subject to hydrolysis) is 1. The van der Waals surface area contributed by atoms with Crippen molar-refractivity contribution in [1.82, 2.24) is 5.32 Å². The van der Waals surface area contributed by atoms with E-state index in [1.165, 1.54) is 0 Å². The van der Waals surface area contributed by atoms with Gasteiger partial charge in [0, 0.05) is 19.6 Å². The van der Waals surface area contributed by atoms with Crippen molar-refractivity contribution in [3.05, 3.63) is 59.7 Å². The Morgan fingerprint density at radius 2 is 1.67 bits per heavy atom. The van der Waals surface area contributed by atoms with Gasteiger partial charge in [0.25, 0.3) is 0 Å². The predicted octanol–water partition coefficient (Wildman–Crippen LogP) is 3.40. The van der Waals surface area contributed by atoms with Crippen LogP contribution in [0, 0.1) is 0 Å². The van der Waals surface area contributed by atoms with Gasteiger partial charge in [-0.15, -0.1) is 0 Å². The number of methoxy groups -OCH3 is 1. The highest BCUT2D eigenvalue weighted by molar-refractivity contribution is 5.81. The first-order chi connectivity index (χ1) is 13.1. The molecule has 27 heavy (non-hydrogen) atoms. The van der Waals surface area contributed by atoms with Crippen molar-refractivity contribution in [2.45, 2.75) is 24.8 Å². The molecule has 6 heteroatoms. The summed E-state index contributed by atoms with van der Waals surface area (Å²) in [6.45, 7) is 0.598. The highest BCUT2D eigenvalue weighted by Crippen LogP contribution is 2.44. The highest BCUT2D eigenvalue weighted by Gasteiger charge is 2.29. The maximum atomic E-state index is 12.1. The van der Waals surface area contributed by atoms with E-state index >= 15 is 0 Å². The van der Waals surface area contributed by atoms with Gasteiger partial charge < -0.3 is 19.9 Å². The number of carbonyl (C=O) groups is 2. The Hall–Kier alpha value is -2.86. The number of benzene rings is 2. The quantitative estimate of drug-likeness (QED) is 0.697. The van der Waals surface area contributed by atoms with Gasteiger partial charge in [-0.3, -0.25) is 0 Å². The minimum atomic E-state index is -1.08. The lowest BCUT2D eigenvalue weighted by Crippen LogP contribution is -2.41. The first kappa shape index (κ1) is 18.9. The summed E-state index contributed by atoms with van der Waals surface area (Å²) in [5.41, 5.74) is 4.51. The molecule has 1 atom stereocenters. The van der Waals surface area contributed by atoms with E-state index in [9.17, 15) is 14.7 Å². The molecule has 0 aromatic heterocycles. The van der Waals surface area contributed by atoms with Gasteiger partial charge in [0.15, 0.2) is 0 Å². The largest absolute Gasteiger partial charge is 0.480 e. The number of carbonyl (C=O) groups excluding carboxylic acids is 1. The smallest absolute Gasteiger partial charge is 0.407 e. The zero-order valence-corrected chi connectivity index (χ0v) is 15.2. The van der Waals surface area contributed by atoms with Crippen LogP contribution in [0.1, 0.15) is 29.9 Å². The van der Waals surface area contributed by atoms with Gasteiger partial charge in [-0.2, -0.15) is 0 Å². The normalized spacial score (nSPS) is 13.5. The molecular weight excluding hydrogens is 346 g/mol. The average molecular weight is 369 g/mol. The van der Waals surface area contributed by atoms with Crippen molar-refractivity contribution < 1.29 is 24.2 Å². The zero-order chi connectivity index (χ0) is 19.2. The van der Waals surface area contributed by atoms with Crippen molar-refractivity contribution >= 4 is 12.1 Å². The molecule has 0 bridgehead atoms. The summed E-state index contributed by atoms with van der Waals surface area (Å²) >= 11 is 0. The summed E-state index contributed by atoms with van der Waals surface area (Å²) in [5.74, 6) is -1.14. The topological polar surface area (TPSA) is 84.9 Å². The number of carboxylic acid groups (broad SMARTS) is 1. The van der Waals surface area contributed by atoms with Gasteiger partial charge in [-0.1, -0.05) is 48.5 Å². The molecule has 0 saturated heterocycles. The summed E-state index contributed by atoms with van der Waals surface area (Å²) in [7, 11) is 1.55. The molecule has 2 N–H and O–H groups in total. The van der Waals surface area contributed by atoms with Gasteiger partial charge in [-0.25, -0.2) is 9.59 Å². The van der Waals surface area contributed by atoms with Crippen LogP contribution >= 0.6 is 0 Å². The fourth-order valence-corrected chi connectivity index (χ4v) is 3.47. The average Bonchev–Trinajstić information content (AvgIpc) is 2.99. The first-order valence-corrected chi connectivity index (χ1v) is 8.95. The second kappa shape index (κ2) is 8.68. The van der Waals surface area contributed by atoms with Crippen molar-refractivity contribution in [2.75, 3.05) is 20.3 Å². The molecule has 1 aliphatic carbocycles. The maximum Gasteiger partial charge on any atom is 0.407 e. The van der Waals surface area contributed by atoms with Crippen molar-refractivity contribution in [2.24, 2.45) is 0 Å². The van der Waals surface area contributed by atoms with E-state index in [0.29, 0.717) is 13.0 Å². The van der Waals surface area contributed by atoms with Crippen LogP contribution in [-0.4, -0.2) is 43.5 Å². The Morgan fingerprint density at radius 1 is 1.07 bits per heavy atom. The molecule has 0 fully saturated rings. The van der Waals surface area contributed by atoms with Gasteiger partial charge in [0.05, 0.1) is 0 Å². The molecule has 1 unspecified atom stereocenters. The van der Waals surface area contributed by atoms with Crippen molar-refractivity contribution in [1.29, 1.82) is 0 Å². The number of hydrogen-bond acceptors (Lipinski definition) is 4. The third kappa shape index (κ3) is 4.28. The fourth-order valence-electron chi connectivity index (χ4n) is 3.47. The third-order valence-corrected chi connectivity index (χ3v) is 4.78. The molecule has 0 spiro atoms. The van der Waals surface area contributed by atoms with Gasteiger partial charge >= 0.3 is 12.1 Å². The van der Waals surface area contributed by atoms with Crippen LogP contribution in [0.3, 0.4) is 0 Å². The summed E-state index contributed by atoms with van der Waals surface area (Å²) in [6.07, 6.45) is 0.103. The Kier molecular flexibility index (Phi) is 6.08. The zero-order valence-electron chi connectivity index (χ0n) is 15.2. The van der Waals surface area contributed by atoms with Gasteiger partial charge in [-0.05, 0) is 35.1 Å². The second-order valence-electron chi connectivity index (χ2n) is 6.50. The first-order valence-electron chi connectivity index (χ1n) is 8.95. The summed E-state index contributed by atoms with van der Waals surface area (Å²) < 4.78 is 10.3. The molecule has 3 rings (SSSR count). The predicted molar refractivity (Wildman–Crippen MR) is 101 cm³/mol. The monoisotopic (exact) mass is 369 g/mol. The van der Waals surface area contributed by atoms with E-state index in [0.717, 1.165) is 22.3 Å². The van der Waals surface area contributed by atoms with E-state index in [1.54, 1.807) is 7.11 Å². The van der Waals surface area contributed by atoms with Crippen LogP contribution in [0.4, 0.5) is 4.79 Å². The standard InChI is InChI=1S/C21H23NO5/c1-26-12-6-11-19(20(23)24)22-21(25)27-13-18-16-9-4-2-7-14(16)15-8-3-5-10-17(15)18/h2-5,7-10,18-19H,6,11-13H2,1H3,(H,22,25)(H,23,24). The van der Waals surface area contributed by atoms with Crippen LogP contribution in [0.5, 0.6) is 0 Å². The lowest BCUT2D eigenvalue weighted by Gasteiger charge is -2.17. The summed E-state index contributed by atoms with van der Waals surface area (Å²) in [4.78, 5) is 23.4. The molecule has 2 aromatic rings. The third-order valence-electron chi connectivity index (χ3n) is 4.78. The number of aliphatic carboxylic acids is 1. The van der Waals surface area contributed by atoms with E-state index < -0.39 is 18.1 Å². The number of hydrogen-bond donors (Lipinski definition) is 2. The highest BCUT2D eigenvalue weighted by atomic mass is 16.5. The molecule has 1 aliphatic rings. The SMILES string of the molecule is COCCCC(NC(=O)OCC1c2ccccc2-c2ccccc21)C(=O)O. The minimum absolute atomic E-state index is 0.0556. The lowest BCUT2D eigenvalue weighted by atomic mass is 9.98. The number of fused-ring (bicyclic) bond motifs is 3. The number of rotatable bonds is 8. The second-order valence-corrected chi connectivity index (χ2v) is 6.50. The molecule has 1 amide bonds. The molecule has 2 aromatic carbocycles. The Bertz CT molecular complexity index is 774. The van der Waals surface area contributed by atoms with Crippen molar-refractivity contribution in [3.63, 3.8) is 0 Å². The number of ether oxygens (including phenoxy) is 2. The van der Waals surface area contributed by atoms with E-state index in [1.807, 2.05) is 36.4 Å². The van der Waals surface area contributed by atoms with Crippen LogP contribution in [-0.2, 0) is 14.3 Å². The molecule has 6 nitrogen and oxygen atoms in total. The molecule has 0 aliphatic heterocycles. The van der Waals surface area contributed by atoms with Gasteiger partial charge in [0.2, 0.25) is 0 Å². The summed E-state index contributed by atoms with van der Waals surface area (Å²) in [6, 6.07) is 15.1. The van der Waals surface area contributed by atoms with E-state index in [2.05, 4.69) is 17.4 Å². The fraction of sp³-hybridized carbons (Fsp3) is 0.333. The number of carboxylic acids is 1. The van der Waals surface area contributed by atoms with Crippen LogP contribution in [0.25, 0.3) is 11.1 Å². The lowest BCUT2D eigenvalue weighted by molar-refractivity contribution is -0.139. The van der Waals surface area contributed by atoms with E-state index in [4.69, 9.17) is 9.47 Å². The van der Waals surface area contributed by atoms with Crippen LogP contribution in [0.2, 0.25) is 0 Å². The van der Waals surface area contributed by atoms with E-state index in [-0.39, 0.29) is 18.9 Å². The molecule has 0 saturated carbocycles. The Balaban J connectivity index is 1.64. The number of amides is 1. The summed E-state index contributed by atoms with van der Waals surface area (Å²) in [5, 5.41) is 11.7. The van der Waals surface area contributed by atoms with Gasteiger partial charge in [0.1, 0.15) is 12.6 Å². The molecular formula is C21H23NO5. The Morgan fingerprint density at radius 3 is 2.22 bits per heavy atom. The van der Waals surface area contributed by atoms with Crippen LogP contribution < -0.4 is 5.32 Å². The van der Waals surface area contributed by atoms with Crippen molar-refractivity contribution in [3.8, 4) is 11.1 Å².